The maximum atomic E-state index is 12.8. The van der Waals surface area contributed by atoms with Crippen LogP contribution in [0.2, 0.25) is 0 Å². The zero-order valence-electron chi connectivity index (χ0n) is 39.0. The molecule has 0 aromatic rings. The van der Waals surface area contributed by atoms with E-state index in [1.165, 1.54) is 154 Å². The van der Waals surface area contributed by atoms with Crippen LogP contribution in [-0.4, -0.2) is 75.5 Å². The molecule has 0 rings (SSSR count). The summed E-state index contributed by atoms with van der Waals surface area (Å²) < 4.78 is 17.2. The van der Waals surface area contributed by atoms with Crippen molar-refractivity contribution >= 4 is 17.9 Å². The summed E-state index contributed by atoms with van der Waals surface area (Å²) in [5.74, 6) is -1.74. The fourth-order valence-electron chi connectivity index (χ4n) is 7.54. The fraction of sp³-hybridized carbons (Fsp3) is 0.900. The highest BCUT2D eigenvalue weighted by molar-refractivity contribution is 5.70. The topological polar surface area (TPSA) is 102 Å². The average molecular weight is 822 g/mol. The molecule has 2 unspecified atom stereocenters. The first kappa shape index (κ1) is 56.1. The van der Waals surface area contributed by atoms with Crippen LogP contribution < -0.4 is 5.11 Å². The molecule has 0 radical (unpaired) electrons. The molecule has 8 nitrogen and oxygen atoms in total. The average Bonchev–Trinajstić information content (AvgIpc) is 3.18. The molecule has 0 spiro atoms. The number of likely N-dealkylation sites (N-methyl/N-ethyl adjacent to an activating group) is 1. The summed E-state index contributed by atoms with van der Waals surface area (Å²) >= 11 is 0. The lowest BCUT2D eigenvalue weighted by Crippen LogP contribution is -2.55. The molecule has 342 valence electrons. The van der Waals surface area contributed by atoms with Crippen LogP contribution in [-0.2, 0) is 28.6 Å². The van der Waals surface area contributed by atoms with Crippen molar-refractivity contribution in [3.63, 3.8) is 0 Å². The molecule has 0 fully saturated rings. The van der Waals surface area contributed by atoms with Crippen LogP contribution in [0.4, 0.5) is 0 Å². The third-order valence-electron chi connectivity index (χ3n) is 11.4. The largest absolute Gasteiger partial charge is 0.544 e. The van der Waals surface area contributed by atoms with Gasteiger partial charge in [-0.25, -0.2) is 0 Å². The summed E-state index contributed by atoms with van der Waals surface area (Å²) in [6, 6.07) is -0.723. The Morgan fingerprint density at radius 2 is 0.862 bits per heavy atom. The Morgan fingerprint density at radius 1 is 0.500 bits per heavy atom. The van der Waals surface area contributed by atoms with Crippen molar-refractivity contribution in [2.45, 2.75) is 251 Å². The van der Waals surface area contributed by atoms with E-state index in [1.54, 1.807) is 21.1 Å². The zero-order valence-corrected chi connectivity index (χ0v) is 39.0. The van der Waals surface area contributed by atoms with Gasteiger partial charge in [0.1, 0.15) is 12.6 Å². The second-order valence-corrected chi connectivity index (χ2v) is 18.1. The first-order chi connectivity index (χ1) is 28.1. The summed E-state index contributed by atoms with van der Waals surface area (Å²) in [6.45, 7) is 4.68. The molecule has 2 atom stereocenters. The molecule has 0 aromatic carbocycles. The number of esters is 2. The minimum absolute atomic E-state index is 0.0420. The van der Waals surface area contributed by atoms with Gasteiger partial charge in [0.15, 0.2) is 6.10 Å². The molecule has 0 heterocycles. The number of hydrogen-bond acceptors (Lipinski definition) is 7. The molecular formula is C50H95NO7. The van der Waals surface area contributed by atoms with E-state index in [0.717, 1.165) is 51.4 Å². The van der Waals surface area contributed by atoms with Gasteiger partial charge in [0.25, 0.3) is 0 Å². The summed E-state index contributed by atoms with van der Waals surface area (Å²) in [5, 5.41) is 11.6. The minimum Gasteiger partial charge on any atom is -0.544 e. The van der Waals surface area contributed by atoms with Crippen molar-refractivity contribution in [2.24, 2.45) is 0 Å². The van der Waals surface area contributed by atoms with Crippen molar-refractivity contribution in [3.8, 4) is 0 Å². The van der Waals surface area contributed by atoms with Gasteiger partial charge in [-0.15, -0.1) is 0 Å². The number of aliphatic carboxylic acids is 1. The predicted molar refractivity (Wildman–Crippen MR) is 241 cm³/mol. The van der Waals surface area contributed by atoms with Crippen LogP contribution in [0, 0.1) is 0 Å². The summed E-state index contributed by atoms with van der Waals surface area (Å²) in [7, 11) is 5.42. The second kappa shape index (κ2) is 41.8. The predicted octanol–water partition coefficient (Wildman–Crippen LogP) is 12.5. The SMILES string of the molecule is CCCCCCCCC/C=C/CCCCCC(=O)OCC(COCCC(C(=O)[O-])[N+](C)(C)C)OC(=O)CCCCCCCCCCCCCCCCCCCCCC. The summed E-state index contributed by atoms with van der Waals surface area (Å²) in [5.41, 5.74) is 0. The number of allylic oxidation sites excluding steroid dienone is 2. The monoisotopic (exact) mass is 822 g/mol. The Kier molecular flexibility index (Phi) is 40.4. The van der Waals surface area contributed by atoms with Crippen LogP contribution in [0.3, 0.4) is 0 Å². The molecule has 0 aliphatic carbocycles. The van der Waals surface area contributed by atoms with Gasteiger partial charge < -0.3 is 28.6 Å². The molecule has 0 saturated carbocycles. The van der Waals surface area contributed by atoms with E-state index in [-0.39, 0.29) is 42.7 Å². The number of rotatable bonds is 45. The molecule has 0 saturated heterocycles. The van der Waals surface area contributed by atoms with Crippen LogP contribution in [0.25, 0.3) is 0 Å². The summed E-state index contributed by atoms with van der Waals surface area (Å²) in [6.07, 6.45) is 45.2. The highest BCUT2D eigenvalue weighted by atomic mass is 16.6. The van der Waals surface area contributed by atoms with Gasteiger partial charge in [0.05, 0.1) is 40.3 Å². The Hall–Kier alpha value is -1.93. The van der Waals surface area contributed by atoms with Gasteiger partial charge in [0.2, 0.25) is 0 Å². The number of carbonyl (C=O) groups is 3. The maximum Gasteiger partial charge on any atom is 0.306 e. The van der Waals surface area contributed by atoms with E-state index >= 15 is 0 Å². The van der Waals surface area contributed by atoms with E-state index in [4.69, 9.17) is 14.2 Å². The molecule has 0 aliphatic rings. The van der Waals surface area contributed by atoms with Crippen molar-refractivity contribution in [3.05, 3.63) is 12.2 Å². The first-order valence-electron chi connectivity index (χ1n) is 24.7. The smallest absolute Gasteiger partial charge is 0.306 e. The molecule has 8 heteroatoms. The van der Waals surface area contributed by atoms with Crippen LogP contribution >= 0.6 is 0 Å². The third kappa shape index (κ3) is 39.5. The van der Waals surface area contributed by atoms with E-state index in [0.29, 0.717) is 12.8 Å². The first-order valence-corrected chi connectivity index (χ1v) is 24.7. The van der Waals surface area contributed by atoms with E-state index in [1.807, 2.05) is 0 Å². The Labute approximate surface area is 359 Å². The maximum absolute atomic E-state index is 12.8. The van der Waals surface area contributed by atoms with E-state index in [9.17, 15) is 19.5 Å². The Bertz CT molecular complexity index is 962. The molecule has 58 heavy (non-hydrogen) atoms. The number of quaternary nitrogens is 1. The number of ether oxygens (including phenoxy) is 3. The van der Waals surface area contributed by atoms with Gasteiger partial charge in [-0.2, -0.15) is 0 Å². The normalized spacial score (nSPS) is 12.9. The number of unbranched alkanes of at least 4 members (excludes halogenated alkanes) is 29. The fourth-order valence-corrected chi connectivity index (χ4v) is 7.54. The number of hydrogen-bond donors (Lipinski definition) is 0. The highest BCUT2D eigenvalue weighted by Gasteiger charge is 2.25. The van der Waals surface area contributed by atoms with Crippen molar-refractivity contribution in [1.29, 1.82) is 0 Å². The lowest BCUT2D eigenvalue weighted by atomic mass is 10.0. The number of carboxylic acid groups (broad SMARTS) is 1. The number of carbonyl (C=O) groups excluding carboxylic acids is 3. The van der Waals surface area contributed by atoms with Crippen LogP contribution in [0.15, 0.2) is 12.2 Å². The highest BCUT2D eigenvalue weighted by Crippen LogP contribution is 2.16. The third-order valence-corrected chi connectivity index (χ3v) is 11.4. The molecule has 0 amide bonds. The summed E-state index contributed by atoms with van der Waals surface area (Å²) in [4.78, 5) is 36.9. The molecule has 0 aromatic heterocycles. The standard InChI is InChI=1S/C50H95NO7/c1-6-8-10-12-14-16-18-20-22-23-24-25-26-27-29-31-33-35-37-39-41-49(53)58-46(44-56-43-42-47(50(54)55)51(3,4)5)45-57-48(52)40-38-36-34-32-30-28-21-19-17-15-13-11-9-7-2/h28,30,46-47H,6-27,29,31-45H2,1-5H3/b30-28+. The Morgan fingerprint density at radius 3 is 1.26 bits per heavy atom. The van der Waals surface area contributed by atoms with E-state index < -0.39 is 18.1 Å². The van der Waals surface area contributed by atoms with Gasteiger partial charge in [-0.1, -0.05) is 193 Å². The van der Waals surface area contributed by atoms with Crippen molar-refractivity contribution in [1.82, 2.24) is 0 Å². The van der Waals surface area contributed by atoms with Crippen LogP contribution in [0.5, 0.6) is 0 Å². The van der Waals surface area contributed by atoms with Gasteiger partial charge in [-0.3, -0.25) is 9.59 Å². The van der Waals surface area contributed by atoms with Gasteiger partial charge >= 0.3 is 11.9 Å². The van der Waals surface area contributed by atoms with Crippen LogP contribution in [0.1, 0.15) is 239 Å². The minimum atomic E-state index is -1.12. The number of nitrogens with zero attached hydrogens (tertiary/aromatic N) is 1. The lowest BCUT2D eigenvalue weighted by Gasteiger charge is -2.34. The molecule has 0 bridgehead atoms. The second-order valence-electron chi connectivity index (χ2n) is 18.1. The number of carboxylic acids is 1. The Balaban J connectivity index is 4.23. The van der Waals surface area contributed by atoms with Gasteiger partial charge in [-0.05, 0) is 38.5 Å². The van der Waals surface area contributed by atoms with Gasteiger partial charge in [0, 0.05) is 19.3 Å². The molecule has 0 N–H and O–H groups in total. The quantitative estimate of drug-likeness (QED) is 0.0261. The zero-order chi connectivity index (χ0) is 42.8. The molecular weight excluding hydrogens is 727 g/mol. The lowest BCUT2D eigenvalue weighted by molar-refractivity contribution is -0.889. The van der Waals surface area contributed by atoms with E-state index in [2.05, 4.69) is 26.0 Å². The van der Waals surface area contributed by atoms with Crippen molar-refractivity contribution in [2.75, 3.05) is 41.0 Å². The van der Waals surface area contributed by atoms with Crippen molar-refractivity contribution < 1.29 is 38.2 Å². The molecule has 0 aliphatic heterocycles.